The van der Waals surface area contributed by atoms with E-state index in [2.05, 4.69) is 10.4 Å². The molecule has 0 spiro atoms. The minimum Gasteiger partial charge on any atom is -0.348 e. The molecule has 1 aliphatic rings. The number of carbonyl (C=O) groups excluding carboxylic acids is 1. The number of carbonyl (C=O) groups is 1. The summed E-state index contributed by atoms with van der Waals surface area (Å²) in [6.45, 7) is 3.92. The van der Waals surface area contributed by atoms with Crippen molar-refractivity contribution in [2.45, 2.75) is 39.2 Å². The average Bonchev–Trinajstić information content (AvgIpc) is 2.68. The summed E-state index contributed by atoms with van der Waals surface area (Å²) in [5.41, 5.74) is 3.00. The van der Waals surface area contributed by atoms with Crippen molar-refractivity contribution in [3.63, 3.8) is 0 Å². The zero-order valence-electron chi connectivity index (χ0n) is 9.50. The standard InChI is InChI=1S/C11H17N3O/c1-7(2)12-11(15)10-8-5-4-6-9(8)14(3)13-10/h7H,4-6H2,1-3H3,(H,12,15). The average molecular weight is 207 g/mol. The topological polar surface area (TPSA) is 46.9 Å². The molecule has 2 rings (SSSR count). The molecule has 1 aromatic rings. The largest absolute Gasteiger partial charge is 0.348 e. The Labute approximate surface area is 89.7 Å². The Hall–Kier alpha value is -1.32. The van der Waals surface area contributed by atoms with Crippen molar-refractivity contribution < 1.29 is 4.79 Å². The minimum absolute atomic E-state index is 0.0382. The van der Waals surface area contributed by atoms with E-state index in [-0.39, 0.29) is 11.9 Å². The van der Waals surface area contributed by atoms with Gasteiger partial charge in [0.1, 0.15) is 0 Å². The Morgan fingerprint density at radius 1 is 1.47 bits per heavy atom. The summed E-state index contributed by atoms with van der Waals surface area (Å²) < 4.78 is 1.84. The number of amides is 1. The van der Waals surface area contributed by atoms with E-state index < -0.39 is 0 Å². The molecule has 4 nitrogen and oxygen atoms in total. The smallest absolute Gasteiger partial charge is 0.272 e. The summed E-state index contributed by atoms with van der Waals surface area (Å²) >= 11 is 0. The number of aryl methyl sites for hydroxylation is 1. The van der Waals surface area contributed by atoms with Gasteiger partial charge in [-0.05, 0) is 33.1 Å². The van der Waals surface area contributed by atoms with Crippen LogP contribution in [0.1, 0.15) is 42.0 Å². The lowest BCUT2D eigenvalue weighted by molar-refractivity contribution is 0.0936. The van der Waals surface area contributed by atoms with Gasteiger partial charge in [0.05, 0.1) is 0 Å². The lowest BCUT2D eigenvalue weighted by Gasteiger charge is -2.06. The third-order valence-corrected chi connectivity index (χ3v) is 2.75. The summed E-state index contributed by atoms with van der Waals surface area (Å²) in [6, 6.07) is 0.163. The lowest BCUT2D eigenvalue weighted by Crippen LogP contribution is -2.31. The molecule has 0 saturated carbocycles. The summed E-state index contributed by atoms with van der Waals surface area (Å²) in [7, 11) is 1.91. The Kier molecular flexibility index (Phi) is 2.50. The van der Waals surface area contributed by atoms with Crippen LogP contribution in [-0.2, 0) is 19.9 Å². The molecule has 82 valence electrons. The highest BCUT2D eigenvalue weighted by atomic mass is 16.2. The lowest BCUT2D eigenvalue weighted by atomic mass is 10.2. The first-order valence-electron chi connectivity index (χ1n) is 5.45. The van der Waals surface area contributed by atoms with E-state index in [4.69, 9.17) is 0 Å². The third-order valence-electron chi connectivity index (χ3n) is 2.75. The first-order valence-corrected chi connectivity index (χ1v) is 5.45. The van der Waals surface area contributed by atoms with E-state index in [0.717, 1.165) is 24.8 Å². The van der Waals surface area contributed by atoms with Gasteiger partial charge in [0, 0.05) is 24.3 Å². The number of fused-ring (bicyclic) bond motifs is 1. The SMILES string of the molecule is CC(C)NC(=O)c1nn(C)c2c1CCC2. The van der Waals surface area contributed by atoms with Crippen molar-refractivity contribution >= 4 is 5.91 Å². The Balaban J connectivity index is 2.29. The van der Waals surface area contributed by atoms with E-state index in [1.165, 1.54) is 5.69 Å². The van der Waals surface area contributed by atoms with Gasteiger partial charge >= 0.3 is 0 Å². The highest BCUT2D eigenvalue weighted by Crippen LogP contribution is 2.24. The minimum atomic E-state index is -0.0382. The number of nitrogens with one attached hydrogen (secondary N) is 1. The molecule has 0 bridgehead atoms. The van der Waals surface area contributed by atoms with E-state index in [1.807, 2.05) is 25.6 Å². The Morgan fingerprint density at radius 2 is 2.20 bits per heavy atom. The number of hydrogen-bond acceptors (Lipinski definition) is 2. The molecule has 0 saturated heterocycles. The molecule has 0 atom stereocenters. The second-order valence-electron chi connectivity index (χ2n) is 4.38. The van der Waals surface area contributed by atoms with Crippen molar-refractivity contribution in [2.75, 3.05) is 0 Å². The van der Waals surface area contributed by atoms with Gasteiger partial charge in [0.2, 0.25) is 0 Å². The normalized spacial score (nSPS) is 14.4. The van der Waals surface area contributed by atoms with Gasteiger partial charge in [-0.3, -0.25) is 9.48 Å². The van der Waals surface area contributed by atoms with Crippen LogP contribution in [0.5, 0.6) is 0 Å². The molecule has 1 amide bonds. The van der Waals surface area contributed by atoms with Gasteiger partial charge in [-0.2, -0.15) is 5.10 Å². The monoisotopic (exact) mass is 207 g/mol. The van der Waals surface area contributed by atoms with Crippen molar-refractivity contribution in [3.8, 4) is 0 Å². The predicted octanol–water partition coefficient (Wildman–Crippen LogP) is 1.05. The van der Waals surface area contributed by atoms with Gasteiger partial charge in [-0.1, -0.05) is 0 Å². The van der Waals surface area contributed by atoms with Gasteiger partial charge in [0.25, 0.3) is 5.91 Å². The summed E-state index contributed by atoms with van der Waals surface area (Å²) in [6.07, 6.45) is 3.18. The van der Waals surface area contributed by atoms with E-state index in [0.29, 0.717) is 5.69 Å². The zero-order chi connectivity index (χ0) is 11.0. The first-order chi connectivity index (χ1) is 7.09. The van der Waals surface area contributed by atoms with Crippen LogP contribution in [-0.4, -0.2) is 21.7 Å². The molecule has 0 aliphatic heterocycles. The molecule has 1 aliphatic carbocycles. The predicted molar refractivity (Wildman–Crippen MR) is 57.8 cm³/mol. The van der Waals surface area contributed by atoms with Crippen LogP contribution in [0.3, 0.4) is 0 Å². The van der Waals surface area contributed by atoms with Crippen LogP contribution in [0.4, 0.5) is 0 Å². The highest BCUT2D eigenvalue weighted by Gasteiger charge is 2.24. The van der Waals surface area contributed by atoms with Crippen molar-refractivity contribution in [1.82, 2.24) is 15.1 Å². The molecular formula is C11H17N3O. The Morgan fingerprint density at radius 3 is 2.87 bits per heavy atom. The first kappa shape index (κ1) is 10.2. The number of hydrogen-bond donors (Lipinski definition) is 1. The maximum atomic E-state index is 11.8. The molecule has 0 fully saturated rings. The zero-order valence-corrected chi connectivity index (χ0v) is 9.50. The van der Waals surface area contributed by atoms with Gasteiger partial charge in [-0.25, -0.2) is 0 Å². The van der Waals surface area contributed by atoms with Crippen LogP contribution in [0.15, 0.2) is 0 Å². The molecule has 1 aromatic heterocycles. The van der Waals surface area contributed by atoms with Crippen molar-refractivity contribution in [1.29, 1.82) is 0 Å². The number of nitrogens with zero attached hydrogens (tertiary/aromatic N) is 2. The van der Waals surface area contributed by atoms with E-state index in [1.54, 1.807) is 0 Å². The maximum absolute atomic E-state index is 11.8. The van der Waals surface area contributed by atoms with E-state index >= 15 is 0 Å². The second kappa shape index (κ2) is 3.68. The molecule has 0 unspecified atom stereocenters. The van der Waals surface area contributed by atoms with Crippen LogP contribution in [0.25, 0.3) is 0 Å². The van der Waals surface area contributed by atoms with Crippen LogP contribution >= 0.6 is 0 Å². The fraction of sp³-hybridized carbons (Fsp3) is 0.636. The maximum Gasteiger partial charge on any atom is 0.272 e. The molecule has 0 radical (unpaired) electrons. The van der Waals surface area contributed by atoms with Crippen LogP contribution in [0.2, 0.25) is 0 Å². The van der Waals surface area contributed by atoms with E-state index in [9.17, 15) is 4.79 Å². The van der Waals surface area contributed by atoms with Gasteiger partial charge < -0.3 is 5.32 Å². The fourth-order valence-electron chi connectivity index (χ4n) is 2.12. The second-order valence-corrected chi connectivity index (χ2v) is 4.38. The van der Waals surface area contributed by atoms with Gasteiger partial charge in [0.15, 0.2) is 5.69 Å². The quantitative estimate of drug-likeness (QED) is 0.788. The summed E-state index contributed by atoms with van der Waals surface area (Å²) in [4.78, 5) is 11.8. The molecule has 1 N–H and O–H groups in total. The Bertz CT molecular complexity index is 393. The summed E-state index contributed by atoms with van der Waals surface area (Å²) in [5, 5.41) is 7.18. The molecular weight excluding hydrogens is 190 g/mol. The van der Waals surface area contributed by atoms with Crippen molar-refractivity contribution in [2.24, 2.45) is 7.05 Å². The molecule has 4 heteroatoms. The van der Waals surface area contributed by atoms with Gasteiger partial charge in [-0.15, -0.1) is 0 Å². The summed E-state index contributed by atoms with van der Waals surface area (Å²) in [5.74, 6) is -0.0382. The molecule has 15 heavy (non-hydrogen) atoms. The fourth-order valence-corrected chi connectivity index (χ4v) is 2.12. The number of aromatic nitrogens is 2. The third kappa shape index (κ3) is 1.76. The molecule has 0 aromatic carbocycles. The highest BCUT2D eigenvalue weighted by molar-refractivity contribution is 5.94. The molecule has 1 heterocycles. The van der Waals surface area contributed by atoms with Crippen molar-refractivity contribution in [3.05, 3.63) is 17.0 Å². The number of rotatable bonds is 2. The van der Waals surface area contributed by atoms with Crippen LogP contribution < -0.4 is 5.32 Å². The van der Waals surface area contributed by atoms with Crippen LogP contribution in [0, 0.1) is 0 Å².